The minimum Gasteiger partial charge on any atom is -0.383 e. The van der Waals surface area contributed by atoms with Crippen LogP contribution in [0.1, 0.15) is 23.9 Å². The number of aromatic nitrogens is 2. The number of aliphatic imine (C=N–C) groups is 2. The van der Waals surface area contributed by atoms with Crippen LogP contribution in [0.2, 0.25) is 0 Å². The van der Waals surface area contributed by atoms with Gasteiger partial charge in [0.1, 0.15) is 17.5 Å². The number of morpholine rings is 1. The van der Waals surface area contributed by atoms with Crippen molar-refractivity contribution in [3.05, 3.63) is 71.7 Å². The lowest BCUT2D eigenvalue weighted by Crippen LogP contribution is -2.37. The molecule has 194 valence electrons. The molecule has 4 N–H and O–H groups in total. The molecule has 37 heavy (non-hydrogen) atoms. The number of amidine groups is 2. The Bertz CT molecular complexity index is 1200. The maximum atomic E-state index is 8.15. The fourth-order valence-corrected chi connectivity index (χ4v) is 3.94. The van der Waals surface area contributed by atoms with Crippen LogP contribution in [0.5, 0.6) is 0 Å². The summed E-state index contributed by atoms with van der Waals surface area (Å²) in [7, 11) is 0. The Kier molecular flexibility index (Phi) is 11.0. The second-order valence-electron chi connectivity index (χ2n) is 8.14. The van der Waals surface area contributed by atoms with Crippen LogP contribution in [0.4, 0.5) is 11.6 Å². The molecular weight excluding hydrogens is 486 g/mol. The zero-order valence-electron chi connectivity index (χ0n) is 21.2. The Morgan fingerprint density at radius 3 is 2.86 bits per heavy atom. The summed E-state index contributed by atoms with van der Waals surface area (Å²) in [6, 6.07) is 10.00. The number of hydrazone groups is 1. The highest BCUT2D eigenvalue weighted by Crippen LogP contribution is 2.19. The van der Waals surface area contributed by atoms with Crippen molar-refractivity contribution in [1.29, 1.82) is 5.41 Å². The summed E-state index contributed by atoms with van der Waals surface area (Å²) in [6.45, 7) is 10.2. The van der Waals surface area contributed by atoms with Crippen molar-refractivity contribution >= 4 is 46.8 Å². The fourth-order valence-electron chi connectivity index (χ4n) is 3.30. The van der Waals surface area contributed by atoms with Gasteiger partial charge in [-0.25, -0.2) is 15.0 Å². The Balaban J connectivity index is 1.66. The highest BCUT2D eigenvalue weighted by Gasteiger charge is 2.15. The highest BCUT2D eigenvalue weighted by molar-refractivity contribution is 8.13. The minimum absolute atomic E-state index is 0.122. The quantitative estimate of drug-likeness (QED) is 0.247. The average Bonchev–Trinajstić information content (AvgIpc) is 2.89. The van der Waals surface area contributed by atoms with Crippen molar-refractivity contribution < 1.29 is 4.74 Å². The van der Waals surface area contributed by atoms with Crippen molar-refractivity contribution in [2.24, 2.45) is 20.8 Å². The molecule has 1 aliphatic rings. The van der Waals surface area contributed by atoms with Gasteiger partial charge in [-0.05, 0) is 31.1 Å². The van der Waals surface area contributed by atoms with E-state index in [2.05, 4.69) is 43.0 Å². The van der Waals surface area contributed by atoms with Crippen LogP contribution in [0.3, 0.4) is 0 Å². The van der Waals surface area contributed by atoms with E-state index in [9.17, 15) is 0 Å². The summed E-state index contributed by atoms with van der Waals surface area (Å²) in [6.07, 6.45) is 7.05. The SMILES string of the molecule is C=CN=C/C=C(C)/C(N)=N/C(=N)SCCc1nc(N/N=C/c2cccc(C)c2)cc(N2CCOCC2)n1. The van der Waals surface area contributed by atoms with Gasteiger partial charge in [0.05, 0.1) is 19.4 Å². The van der Waals surface area contributed by atoms with E-state index in [4.69, 9.17) is 20.9 Å². The molecule has 0 aliphatic carbocycles. The third-order valence-corrected chi connectivity index (χ3v) is 6.01. The van der Waals surface area contributed by atoms with E-state index in [1.165, 1.54) is 23.5 Å². The largest absolute Gasteiger partial charge is 0.383 e. The van der Waals surface area contributed by atoms with Gasteiger partial charge in [0.15, 0.2) is 11.0 Å². The fraction of sp³-hybridized carbons (Fsp3) is 0.308. The minimum atomic E-state index is 0.122. The van der Waals surface area contributed by atoms with E-state index >= 15 is 0 Å². The van der Waals surface area contributed by atoms with Crippen LogP contribution in [0, 0.1) is 12.3 Å². The van der Waals surface area contributed by atoms with E-state index in [0.29, 0.717) is 37.0 Å². The summed E-state index contributed by atoms with van der Waals surface area (Å²) >= 11 is 1.28. The first-order valence-corrected chi connectivity index (χ1v) is 12.9. The molecule has 0 amide bonds. The second kappa shape index (κ2) is 14.7. The zero-order valence-corrected chi connectivity index (χ0v) is 22.0. The number of allylic oxidation sites excluding steroid dienone is 1. The molecule has 1 fully saturated rings. The van der Waals surface area contributed by atoms with Gasteiger partial charge in [0, 0.05) is 43.7 Å². The monoisotopic (exact) mass is 519 g/mol. The first kappa shape index (κ1) is 27.8. The number of aryl methyl sites for hydroxylation is 2. The third-order valence-electron chi connectivity index (χ3n) is 5.24. The van der Waals surface area contributed by atoms with Crippen LogP contribution < -0.4 is 16.1 Å². The van der Waals surface area contributed by atoms with Gasteiger partial charge < -0.3 is 15.4 Å². The predicted octanol–water partition coefficient (Wildman–Crippen LogP) is 3.80. The molecule has 2 heterocycles. The molecule has 2 aromatic rings. The normalized spacial score (nSPS) is 14.9. The van der Waals surface area contributed by atoms with Crippen LogP contribution in [-0.2, 0) is 11.2 Å². The number of hydrogen-bond acceptors (Lipinski definition) is 9. The average molecular weight is 520 g/mol. The van der Waals surface area contributed by atoms with Crippen molar-refractivity contribution in [2.45, 2.75) is 20.3 Å². The number of anilines is 2. The lowest BCUT2D eigenvalue weighted by Gasteiger charge is -2.28. The van der Waals surface area contributed by atoms with Crippen molar-refractivity contribution in [2.75, 3.05) is 42.4 Å². The van der Waals surface area contributed by atoms with Gasteiger partial charge in [0.25, 0.3) is 0 Å². The molecule has 11 heteroatoms. The Hall–Kier alpha value is -3.83. The first-order valence-electron chi connectivity index (χ1n) is 11.9. The van der Waals surface area contributed by atoms with Crippen LogP contribution in [0.15, 0.2) is 69.8 Å². The standard InChI is InChI=1S/C26H33N9OS/c1-4-29-10-8-20(3)25(27)33-26(28)37-15-9-22-31-23(17-24(32-22)35-11-13-36-14-12-35)34-30-18-21-7-5-6-19(2)16-21/h4-8,10,16-18H,1,9,11-15H2,2-3H3,(H3,27,28,33)(H,31,32,34)/b20-8+,29-10?,30-18+. The number of nitrogens with one attached hydrogen (secondary N) is 2. The van der Waals surface area contributed by atoms with Gasteiger partial charge in [0.2, 0.25) is 0 Å². The molecule has 0 spiro atoms. The lowest BCUT2D eigenvalue weighted by atomic mass is 10.2. The number of nitrogens with two attached hydrogens (primary N) is 1. The van der Waals surface area contributed by atoms with Crippen LogP contribution in [0.25, 0.3) is 0 Å². The maximum absolute atomic E-state index is 8.15. The number of ether oxygens (including phenoxy) is 1. The number of rotatable bonds is 10. The topological polar surface area (TPSA) is 137 Å². The molecule has 1 aliphatic heterocycles. The molecule has 1 aromatic heterocycles. The number of benzene rings is 1. The van der Waals surface area contributed by atoms with E-state index < -0.39 is 0 Å². The Labute approximate surface area is 222 Å². The molecule has 10 nitrogen and oxygen atoms in total. The summed E-state index contributed by atoms with van der Waals surface area (Å²) in [5.41, 5.74) is 11.9. The summed E-state index contributed by atoms with van der Waals surface area (Å²) in [5, 5.41) is 12.6. The first-order chi connectivity index (χ1) is 17.9. The molecule has 0 radical (unpaired) electrons. The molecule has 0 bridgehead atoms. The maximum Gasteiger partial charge on any atom is 0.182 e. The van der Waals surface area contributed by atoms with Crippen molar-refractivity contribution in [3.8, 4) is 0 Å². The second-order valence-corrected chi connectivity index (χ2v) is 9.23. The van der Waals surface area contributed by atoms with Crippen LogP contribution >= 0.6 is 11.8 Å². The Morgan fingerprint density at radius 2 is 2.11 bits per heavy atom. The van der Waals surface area contributed by atoms with Gasteiger partial charge in [-0.2, -0.15) is 5.10 Å². The predicted molar refractivity (Wildman–Crippen MR) is 155 cm³/mol. The van der Waals surface area contributed by atoms with Crippen LogP contribution in [-0.4, -0.2) is 65.5 Å². The molecule has 0 unspecified atom stereocenters. The van der Waals surface area contributed by atoms with Crippen molar-refractivity contribution in [1.82, 2.24) is 9.97 Å². The Morgan fingerprint density at radius 1 is 1.30 bits per heavy atom. The van der Waals surface area contributed by atoms with Gasteiger partial charge in [-0.15, -0.1) is 0 Å². The zero-order chi connectivity index (χ0) is 26.5. The molecule has 0 saturated carbocycles. The summed E-state index contributed by atoms with van der Waals surface area (Å²) in [4.78, 5) is 19.6. The molecule has 1 aromatic carbocycles. The molecule has 0 atom stereocenters. The summed E-state index contributed by atoms with van der Waals surface area (Å²) < 4.78 is 5.48. The third kappa shape index (κ3) is 9.62. The van der Waals surface area contributed by atoms with Gasteiger partial charge in [-0.3, -0.25) is 15.8 Å². The highest BCUT2D eigenvalue weighted by atomic mass is 32.2. The molecular formula is C26H33N9OS. The van der Waals surface area contributed by atoms with E-state index in [0.717, 1.165) is 30.0 Å². The van der Waals surface area contributed by atoms with Gasteiger partial charge in [-0.1, -0.05) is 48.2 Å². The number of thioether (sulfide) groups is 1. The van der Waals surface area contributed by atoms with Gasteiger partial charge >= 0.3 is 0 Å². The lowest BCUT2D eigenvalue weighted by molar-refractivity contribution is 0.122. The van der Waals surface area contributed by atoms with E-state index in [1.807, 2.05) is 38.1 Å². The number of nitrogens with zero attached hydrogens (tertiary/aromatic N) is 6. The smallest absolute Gasteiger partial charge is 0.182 e. The molecule has 1 saturated heterocycles. The van der Waals surface area contributed by atoms with E-state index in [1.54, 1.807) is 18.5 Å². The number of hydrogen-bond donors (Lipinski definition) is 3. The summed E-state index contributed by atoms with van der Waals surface area (Å²) in [5.74, 6) is 2.95. The molecule has 3 rings (SSSR count). The van der Waals surface area contributed by atoms with Crippen molar-refractivity contribution in [3.63, 3.8) is 0 Å². The van der Waals surface area contributed by atoms with E-state index in [-0.39, 0.29) is 11.0 Å².